The van der Waals surface area contributed by atoms with Crippen molar-refractivity contribution >= 4 is 11.8 Å². The van der Waals surface area contributed by atoms with Gasteiger partial charge in [-0.2, -0.15) is 0 Å². The summed E-state index contributed by atoms with van der Waals surface area (Å²) in [4.78, 5) is 13.7. The van der Waals surface area contributed by atoms with Crippen molar-refractivity contribution in [2.45, 2.75) is 51.8 Å². The summed E-state index contributed by atoms with van der Waals surface area (Å²) in [6.07, 6.45) is 2.22. The molecule has 1 unspecified atom stereocenters. The zero-order chi connectivity index (χ0) is 17.7. The molecule has 1 saturated carbocycles. The fourth-order valence-corrected chi connectivity index (χ4v) is 2.63. The lowest BCUT2D eigenvalue weighted by Crippen LogP contribution is -2.33. The molecule has 0 aliphatic heterocycles. The van der Waals surface area contributed by atoms with Crippen molar-refractivity contribution in [2.75, 3.05) is 26.1 Å². The van der Waals surface area contributed by atoms with Crippen molar-refractivity contribution in [1.82, 2.24) is 4.90 Å². The number of nitrogens with zero attached hydrogens (tertiary/aromatic N) is 1. The Morgan fingerprint density at radius 3 is 2.67 bits per heavy atom. The molecule has 1 fully saturated rings. The molecule has 5 nitrogen and oxygen atoms in total. The van der Waals surface area contributed by atoms with Crippen molar-refractivity contribution in [3.8, 4) is 0 Å². The zero-order valence-corrected chi connectivity index (χ0v) is 15.5. The molecule has 24 heavy (non-hydrogen) atoms. The second-order valence-electron chi connectivity index (χ2n) is 7.58. The third kappa shape index (κ3) is 6.04. The average Bonchev–Trinajstić information content (AvgIpc) is 3.30. The predicted molar refractivity (Wildman–Crippen MR) is 96.2 cm³/mol. The smallest absolute Gasteiger partial charge is 0.410 e. The molecular formula is C19H30N2O3. The SMILES string of the molecule is COCC(Nc1cccc(CN(C)C(=O)OC(C)(C)C)c1)C1CC1. The average molecular weight is 334 g/mol. The van der Waals surface area contributed by atoms with E-state index in [2.05, 4.69) is 17.4 Å². The third-order valence-corrected chi connectivity index (χ3v) is 3.94. The van der Waals surface area contributed by atoms with Crippen LogP contribution in [0.4, 0.5) is 10.5 Å². The van der Waals surface area contributed by atoms with Gasteiger partial charge in [-0.1, -0.05) is 12.1 Å². The van der Waals surface area contributed by atoms with Gasteiger partial charge < -0.3 is 19.7 Å². The van der Waals surface area contributed by atoms with E-state index in [0.29, 0.717) is 25.1 Å². The highest BCUT2D eigenvalue weighted by Gasteiger charge is 2.31. The number of amides is 1. The summed E-state index contributed by atoms with van der Waals surface area (Å²) in [6, 6.07) is 8.54. The summed E-state index contributed by atoms with van der Waals surface area (Å²) in [5.41, 5.74) is 1.66. The van der Waals surface area contributed by atoms with Crippen LogP contribution in [0.2, 0.25) is 0 Å². The van der Waals surface area contributed by atoms with Gasteiger partial charge in [0.1, 0.15) is 5.60 Å². The second kappa shape index (κ2) is 7.88. The van der Waals surface area contributed by atoms with Crippen LogP contribution < -0.4 is 5.32 Å². The standard InChI is InChI=1S/C19H30N2O3/c1-19(2,3)24-18(22)21(4)12-14-7-6-8-16(11-14)20-17(13-23-5)15-9-10-15/h6-8,11,15,17,20H,9-10,12-13H2,1-5H3. The van der Waals surface area contributed by atoms with Crippen LogP contribution >= 0.6 is 0 Å². The zero-order valence-electron chi connectivity index (χ0n) is 15.5. The molecule has 0 saturated heterocycles. The van der Waals surface area contributed by atoms with E-state index >= 15 is 0 Å². The molecule has 1 atom stereocenters. The van der Waals surface area contributed by atoms with Gasteiger partial charge in [0, 0.05) is 26.4 Å². The molecule has 1 aliphatic rings. The summed E-state index contributed by atoms with van der Waals surface area (Å²) in [5.74, 6) is 0.707. The fraction of sp³-hybridized carbons (Fsp3) is 0.632. The van der Waals surface area contributed by atoms with Crippen LogP contribution in [0.1, 0.15) is 39.2 Å². The number of rotatable bonds is 7. The molecule has 1 amide bonds. The summed E-state index contributed by atoms with van der Waals surface area (Å²) in [6.45, 7) is 6.85. The van der Waals surface area contributed by atoms with E-state index in [1.807, 2.05) is 32.9 Å². The molecule has 5 heteroatoms. The van der Waals surface area contributed by atoms with E-state index in [0.717, 1.165) is 11.3 Å². The van der Waals surface area contributed by atoms with Gasteiger partial charge in [-0.25, -0.2) is 4.79 Å². The first kappa shape index (κ1) is 18.6. The van der Waals surface area contributed by atoms with Gasteiger partial charge in [0.2, 0.25) is 0 Å². The lowest BCUT2D eigenvalue weighted by atomic mass is 10.1. The molecule has 1 N–H and O–H groups in total. The minimum absolute atomic E-state index is 0.309. The van der Waals surface area contributed by atoms with Gasteiger partial charge in [0.25, 0.3) is 0 Å². The summed E-state index contributed by atoms with van der Waals surface area (Å²) in [5, 5.41) is 3.56. The quantitative estimate of drug-likeness (QED) is 0.822. The van der Waals surface area contributed by atoms with Crippen LogP contribution in [0.25, 0.3) is 0 Å². The van der Waals surface area contributed by atoms with Crippen LogP contribution in [0, 0.1) is 5.92 Å². The topological polar surface area (TPSA) is 50.8 Å². The van der Waals surface area contributed by atoms with Crippen LogP contribution in [0.15, 0.2) is 24.3 Å². The number of nitrogens with one attached hydrogen (secondary N) is 1. The van der Waals surface area contributed by atoms with Crippen LogP contribution in [0.5, 0.6) is 0 Å². The Labute approximate surface area is 145 Å². The van der Waals surface area contributed by atoms with E-state index in [1.54, 1.807) is 19.1 Å². The van der Waals surface area contributed by atoms with Crippen molar-refractivity contribution in [2.24, 2.45) is 5.92 Å². The van der Waals surface area contributed by atoms with Gasteiger partial charge in [-0.15, -0.1) is 0 Å². The second-order valence-corrected chi connectivity index (χ2v) is 7.58. The number of hydrogen-bond donors (Lipinski definition) is 1. The Morgan fingerprint density at radius 2 is 2.08 bits per heavy atom. The van der Waals surface area contributed by atoms with Crippen LogP contribution in [-0.4, -0.2) is 43.4 Å². The minimum atomic E-state index is -0.480. The van der Waals surface area contributed by atoms with Crippen molar-refractivity contribution in [3.05, 3.63) is 29.8 Å². The first-order chi connectivity index (χ1) is 11.3. The number of hydrogen-bond acceptors (Lipinski definition) is 4. The van der Waals surface area contributed by atoms with Crippen molar-refractivity contribution in [1.29, 1.82) is 0 Å². The fourth-order valence-electron chi connectivity index (χ4n) is 2.63. The van der Waals surface area contributed by atoms with Crippen molar-refractivity contribution < 1.29 is 14.3 Å². The molecular weight excluding hydrogens is 304 g/mol. The van der Waals surface area contributed by atoms with Crippen LogP contribution in [0.3, 0.4) is 0 Å². The van der Waals surface area contributed by atoms with Gasteiger partial charge in [-0.3, -0.25) is 0 Å². The predicted octanol–water partition coefficient (Wildman–Crippen LogP) is 3.89. The largest absolute Gasteiger partial charge is 0.444 e. The Hall–Kier alpha value is -1.75. The summed E-state index contributed by atoms with van der Waals surface area (Å²) < 4.78 is 10.7. The Kier molecular flexibility index (Phi) is 6.10. The van der Waals surface area contributed by atoms with Gasteiger partial charge in [-0.05, 0) is 57.2 Å². The number of carbonyl (C=O) groups is 1. The van der Waals surface area contributed by atoms with Gasteiger partial charge in [0.15, 0.2) is 0 Å². The Morgan fingerprint density at radius 1 is 1.38 bits per heavy atom. The van der Waals surface area contributed by atoms with Gasteiger partial charge in [0.05, 0.1) is 12.6 Å². The summed E-state index contributed by atoms with van der Waals surface area (Å²) >= 11 is 0. The molecule has 0 heterocycles. The molecule has 1 aromatic rings. The first-order valence-corrected chi connectivity index (χ1v) is 8.57. The van der Waals surface area contributed by atoms with Crippen molar-refractivity contribution in [3.63, 3.8) is 0 Å². The number of ether oxygens (including phenoxy) is 2. The minimum Gasteiger partial charge on any atom is -0.444 e. The highest BCUT2D eigenvalue weighted by atomic mass is 16.6. The molecule has 0 radical (unpaired) electrons. The molecule has 0 spiro atoms. The molecule has 2 rings (SSSR count). The molecule has 1 aliphatic carbocycles. The number of methoxy groups -OCH3 is 1. The maximum atomic E-state index is 12.1. The van der Waals surface area contributed by atoms with E-state index in [9.17, 15) is 4.79 Å². The number of anilines is 1. The van der Waals surface area contributed by atoms with E-state index in [1.165, 1.54) is 12.8 Å². The monoisotopic (exact) mass is 334 g/mol. The lowest BCUT2D eigenvalue weighted by molar-refractivity contribution is 0.0285. The number of carbonyl (C=O) groups excluding carboxylic acids is 1. The normalized spacial score (nSPS) is 15.7. The van der Waals surface area contributed by atoms with E-state index < -0.39 is 5.60 Å². The highest BCUT2D eigenvalue weighted by Crippen LogP contribution is 2.34. The maximum absolute atomic E-state index is 12.1. The molecule has 1 aromatic carbocycles. The molecule has 0 aromatic heterocycles. The molecule has 134 valence electrons. The first-order valence-electron chi connectivity index (χ1n) is 8.57. The molecule has 0 bridgehead atoms. The van der Waals surface area contributed by atoms with E-state index in [4.69, 9.17) is 9.47 Å². The lowest BCUT2D eigenvalue weighted by Gasteiger charge is -2.25. The Bertz CT molecular complexity index is 550. The number of benzene rings is 1. The van der Waals surface area contributed by atoms with E-state index in [-0.39, 0.29) is 6.09 Å². The third-order valence-electron chi connectivity index (χ3n) is 3.94. The maximum Gasteiger partial charge on any atom is 0.410 e. The highest BCUT2D eigenvalue weighted by molar-refractivity contribution is 5.67. The van der Waals surface area contributed by atoms with Crippen LogP contribution in [-0.2, 0) is 16.0 Å². The summed E-state index contributed by atoms with van der Waals surface area (Å²) in [7, 11) is 3.50. The Balaban J connectivity index is 1.95. The van der Waals surface area contributed by atoms with Gasteiger partial charge >= 0.3 is 6.09 Å².